The predicted molar refractivity (Wildman–Crippen MR) is 107 cm³/mol. The zero-order valence-electron chi connectivity index (χ0n) is 15.5. The van der Waals surface area contributed by atoms with Gasteiger partial charge in [0.05, 0.1) is 13.7 Å². The van der Waals surface area contributed by atoms with E-state index in [1.807, 2.05) is 49.4 Å². The second-order valence-electron chi connectivity index (χ2n) is 6.35. The summed E-state index contributed by atoms with van der Waals surface area (Å²) in [7, 11) is 1.64. The third-order valence-corrected chi connectivity index (χ3v) is 5.34. The van der Waals surface area contributed by atoms with Crippen molar-refractivity contribution in [3.63, 3.8) is 0 Å². The highest BCUT2D eigenvalue weighted by atomic mass is 32.2. The number of fused-ring (bicyclic) bond motifs is 1. The zero-order valence-corrected chi connectivity index (χ0v) is 16.3. The van der Waals surface area contributed by atoms with Gasteiger partial charge in [0.25, 0.3) is 0 Å². The highest BCUT2D eigenvalue weighted by Crippen LogP contribution is 2.26. The van der Waals surface area contributed by atoms with Crippen molar-refractivity contribution in [1.29, 1.82) is 0 Å². The number of aromatic nitrogens is 4. The third kappa shape index (κ3) is 3.91. The number of hydrogen-bond donors (Lipinski definition) is 0. The van der Waals surface area contributed by atoms with Crippen LogP contribution in [0.3, 0.4) is 0 Å². The van der Waals surface area contributed by atoms with Gasteiger partial charge in [-0.2, -0.15) is 0 Å². The van der Waals surface area contributed by atoms with Gasteiger partial charge in [-0.05, 0) is 52.2 Å². The molecule has 0 unspecified atom stereocenters. The van der Waals surface area contributed by atoms with Crippen LogP contribution < -0.4 is 10.4 Å². The maximum absolute atomic E-state index is 11.9. The second kappa shape index (κ2) is 7.85. The number of nitrogens with zero attached hydrogens (tertiary/aromatic N) is 4. The smallest absolute Gasteiger partial charge is 0.336 e. The van der Waals surface area contributed by atoms with E-state index in [-0.39, 0.29) is 5.63 Å². The molecule has 2 aromatic heterocycles. The lowest BCUT2D eigenvalue weighted by atomic mass is 10.1. The van der Waals surface area contributed by atoms with E-state index in [0.29, 0.717) is 23.0 Å². The summed E-state index contributed by atoms with van der Waals surface area (Å²) < 4.78 is 12.2. The first kappa shape index (κ1) is 18.2. The molecular weight excluding hydrogens is 376 g/mol. The van der Waals surface area contributed by atoms with Crippen LogP contribution in [-0.2, 0) is 12.3 Å². The van der Waals surface area contributed by atoms with Crippen molar-refractivity contribution in [3.8, 4) is 5.75 Å². The number of tetrazole rings is 1. The average molecular weight is 394 g/mol. The van der Waals surface area contributed by atoms with Crippen LogP contribution in [0.15, 0.2) is 62.9 Å². The molecular formula is C20H18N4O3S. The first-order valence-electron chi connectivity index (χ1n) is 8.67. The van der Waals surface area contributed by atoms with Gasteiger partial charge >= 0.3 is 5.63 Å². The van der Waals surface area contributed by atoms with E-state index in [0.717, 1.165) is 27.8 Å². The van der Waals surface area contributed by atoms with E-state index in [1.165, 1.54) is 17.8 Å². The normalized spacial score (nSPS) is 11.1. The fourth-order valence-corrected chi connectivity index (χ4v) is 3.77. The summed E-state index contributed by atoms with van der Waals surface area (Å²) in [5, 5.41) is 13.6. The van der Waals surface area contributed by atoms with Gasteiger partial charge in [0.2, 0.25) is 5.16 Å². The molecule has 2 heterocycles. The average Bonchev–Trinajstić information content (AvgIpc) is 3.13. The van der Waals surface area contributed by atoms with Crippen molar-refractivity contribution in [2.24, 2.45) is 0 Å². The minimum Gasteiger partial charge on any atom is -0.497 e. The van der Waals surface area contributed by atoms with Crippen LogP contribution in [0.1, 0.15) is 16.7 Å². The Labute approximate surface area is 165 Å². The van der Waals surface area contributed by atoms with E-state index in [2.05, 4.69) is 15.5 Å². The summed E-state index contributed by atoms with van der Waals surface area (Å²) in [6.07, 6.45) is 0. The number of methoxy groups -OCH3 is 1. The maximum atomic E-state index is 11.9. The topological polar surface area (TPSA) is 83.0 Å². The molecule has 4 aromatic rings. The van der Waals surface area contributed by atoms with Crippen LogP contribution in [0.25, 0.3) is 11.0 Å². The molecule has 0 amide bonds. The van der Waals surface area contributed by atoms with E-state index in [4.69, 9.17) is 9.15 Å². The molecule has 0 atom stereocenters. The Balaban J connectivity index is 1.54. The molecule has 0 aliphatic rings. The van der Waals surface area contributed by atoms with E-state index >= 15 is 0 Å². The van der Waals surface area contributed by atoms with Crippen LogP contribution in [-0.4, -0.2) is 27.3 Å². The molecule has 7 nitrogen and oxygen atoms in total. The van der Waals surface area contributed by atoms with Gasteiger partial charge in [0, 0.05) is 17.2 Å². The number of aryl methyl sites for hydroxylation is 1. The van der Waals surface area contributed by atoms with Crippen molar-refractivity contribution >= 4 is 22.7 Å². The Morgan fingerprint density at radius 2 is 1.96 bits per heavy atom. The van der Waals surface area contributed by atoms with Gasteiger partial charge in [-0.25, -0.2) is 9.48 Å². The molecule has 0 saturated heterocycles. The lowest BCUT2D eigenvalue weighted by Crippen LogP contribution is -2.04. The molecule has 0 fully saturated rings. The van der Waals surface area contributed by atoms with E-state index in [1.54, 1.807) is 11.8 Å². The van der Waals surface area contributed by atoms with Gasteiger partial charge in [0.1, 0.15) is 11.3 Å². The van der Waals surface area contributed by atoms with Crippen LogP contribution in [0.4, 0.5) is 0 Å². The molecule has 0 saturated carbocycles. The lowest BCUT2D eigenvalue weighted by Gasteiger charge is -2.07. The number of hydrogen-bond acceptors (Lipinski definition) is 7. The SMILES string of the molecule is COc1ccc(Cn2nnnc2SCc2cc(=O)oc3cc(C)ccc23)cc1. The third-order valence-electron chi connectivity index (χ3n) is 4.33. The molecule has 28 heavy (non-hydrogen) atoms. The molecule has 0 aliphatic carbocycles. The summed E-state index contributed by atoms with van der Waals surface area (Å²) in [5.41, 5.74) is 3.25. The van der Waals surface area contributed by atoms with Crippen molar-refractivity contribution in [3.05, 3.63) is 75.6 Å². The molecule has 0 spiro atoms. The molecule has 0 radical (unpaired) electrons. The summed E-state index contributed by atoms with van der Waals surface area (Å²) in [4.78, 5) is 11.9. The Kier molecular flexibility index (Phi) is 5.12. The Hall–Kier alpha value is -3.13. The summed E-state index contributed by atoms with van der Waals surface area (Å²) >= 11 is 1.48. The van der Waals surface area contributed by atoms with Crippen LogP contribution in [0.5, 0.6) is 5.75 Å². The first-order chi connectivity index (χ1) is 13.6. The highest BCUT2D eigenvalue weighted by Gasteiger charge is 2.11. The monoisotopic (exact) mass is 394 g/mol. The zero-order chi connectivity index (χ0) is 19.5. The molecule has 0 N–H and O–H groups in total. The maximum Gasteiger partial charge on any atom is 0.336 e. The van der Waals surface area contributed by atoms with Gasteiger partial charge in [0.15, 0.2) is 0 Å². The van der Waals surface area contributed by atoms with Gasteiger partial charge in [-0.1, -0.05) is 36.0 Å². The molecule has 142 valence electrons. The lowest BCUT2D eigenvalue weighted by molar-refractivity contribution is 0.414. The summed E-state index contributed by atoms with van der Waals surface area (Å²) in [6.45, 7) is 2.52. The van der Waals surface area contributed by atoms with E-state index < -0.39 is 0 Å². The molecule has 0 aliphatic heterocycles. The summed E-state index contributed by atoms with van der Waals surface area (Å²) in [5.74, 6) is 1.37. The predicted octanol–water partition coefficient (Wildman–Crippen LogP) is 3.44. The second-order valence-corrected chi connectivity index (χ2v) is 7.29. The van der Waals surface area contributed by atoms with Gasteiger partial charge in [-0.3, -0.25) is 0 Å². The molecule has 0 bridgehead atoms. The molecule has 2 aromatic carbocycles. The number of benzene rings is 2. The Morgan fingerprint density at radius 3 is 2.75 bits per heavy atom. The van der Waals surface area contributed by atoms with Crippen LogP contribution >= 0.6 is 11.8 Å². The molecule has 4 rings (SSSR count). The van der Waals surface area contributed by atoms with Gasteiger partial charge in [-0.15, -0.1) is 5.10 Å². The van der Waals surface area contributed by atoms with Crippen molar-refractivity contribution in [2.45, 2.75) is 24.4 Å². The quantitative estimate of drug-likeness (QED) is 0.366. The minimum absolute atomic E-state index is 0.355. The standard InChI is InChI=1S/C20H18N4O3S/c1-13-3-8-17-15(10-19(25)27-18(17)9-13)12-28-20-21-22-23-24(20)11-14-4-6-16(26-2)7-5-14/h3-10H,11-12H2,1-2H3. The highest BCUT2D eigenvalue weighted by molar-refractivity contribution is 7.98. The van der Waals surface area contributed by atoms with Gasteiger partial charge < -0.3 is 9.15 Å². The fourth-order valence-electron chi connectivity index (χ4n) is 2.90. The minimum atomic E-state index is -0.355. The fraction of sp³-hybridized carbons (Fsp3) is 0.200. The number of rotatable bonds is 6. The van der Waals surface area contributed by atoms with Crippen molar-refractivity contribution < 1.29 is 9.15 Å². The number of thioether (sulfide) groups is 1. The Bertz CT molecular complexity index is 1170. The van der Waals surface area contributed by atoms with Crippen molar-refractivity contribution in [2.75, 3.05) is 7.11 Å². The summed E-state index contributed by atoms with van der Waals surface area (Å²) in [6, 6.07) is 15.2. The number of ether oxygens (including phenoxy) is 1. The van der Waals surface area contributed by atoms with Crippen LogP contribution in [0.2, 0.25) is 0 Å². The van der Waals surface area contributed by atoms with E-state index in [9.17, 15) is 4.79 Å². The Morgan fingerprint density at radius 1 is 1.14 bits per heavy atom. The van der Waals surface area contributed by atoms with Crippen molar-refractivity contribution in [1.82, 2.24) is 20.2 Å². The largest absolute Gasteiger partial charge is 0.497 e. The first-order valence-corrected chi connectivity index (χ1v) is 9.66. The molecule has 8 heteroatoms. The van der Waals surface area contributed by atoms with Crippen LogP contribution in [0, 0.1) is 6.92 Å².